The first-order valence-electron chi connectivity index (χ1n) is 6.25. The lowest BCUT2D eigenvalue weighted by Crippen LogP contribution is -2.19. The molecule has 0 aliphatic heterocycles. The van der Waals surface area contributed by atoms with E-state index in [4.69, 9.17) is 0 Å². The van der Waals surface area contributed by atoms with Gasteiger partial charge in [-0.15, -0.1) is 0 Å². The fraction of sp³-hybridized carbons (Fsp3) is 1.00. The average Bonchev–Trinajstić information content (AvgIpc) is 2.27. The highest BCUT2D eigenvalue weighted by Gasteiger charge is 2.21. The average molecular weight is 232 g/mol. The van der Waals surface area contributed by atoms with E-state index in [0.717, 1.165) is 12.3 Å². The van der Waals surface area contributed by atoms with Gasteiger partial charge in [-0.25, -0.2) is 8.42 Å². The Bertz CT molecular complexity index is 263. The lowest BCUT2D eigenvalue weighted by molar-refractivity contribution is 0.258. The molecule has 0 bridgehead atoms. The third-order valence-corrected chi connectivity index (χ3v) is 5.52. The molecule has 2 nitrogen and oxygen atoms in total. The van der Waals surface area contributed by atoms with Gasteiger partial charge in [-0.05, 0) is 18.3 Å². The Morgan fingerprint density at radius 3 is 2.33 bits per heavy atom. The molecular formula is C12H24O2S. The zero-order valence-corrected chi connectivity index (χ0v) is 10.9. The van der Waals surface area contributed by atoms with Crippen LogP contribution in [0.4, 0.5) is 0 Å². The number of sulfone groups is 1. The van der Waals surface area contributed by atoms with E-state index in [1.807, 2.05) is 0 Å². The van der Waals surface area contributed by atoms with Gasteiger partial charge in [0.25, 0.3) is 0 Å². The molecule has 1 aliphatic carbocycles. The van der Waals surface area contributed by atoms with Gasteiger partial charge < -0.3 is 0 Å². The van der Waals surface area contributed by atoms with Crippen molar-refractivity contribution < 1.29 is 8.42 Å². The van der Waals surface area contributed by atoms with Crippen LogP contribution in [0.2, 0.25) is 0 Å². The molecule has 1 atom stereocenters. The zero-order valence-electron chi connectivity index (χ0n) is 10.0. The predicted molar refractivity (Wildman–Crippen MR) is 64.7 cm³/mol. The summed E-state index contributed by atoms with van der Waals surface area (Å²) in [6.45, 7) is 3.96. The second-order valence-electron chi connectivity index (χ2n) is 4.90. The summed E-state index contributed by atoms with van der Waals surface area (Å²) in [5.74, 6) is 2.06. The maximum atomic E-state index is 11.4. The summed E-state index contributed by atoms with van der Waals surface area (Å²) in [4.78, 5) is 0. The van der Waals surface area contributed by atoms with Crippen LogP contribution in [0, 0.1) is 11.8 Å². The van der Waals surface area contributed by atoms with Crippen LogP contribution in [-0.2, 0) is 9.84 Å². The van der Waals surface area contributed by atoms with Crippen LogP contribution in [0.15, 0.2) is 0 Å². The minimum atomic E-state index is -2.75. The van der Waals surface area contributed by atoms with Gasteiger partial charge in [0, 0.05) is 5.75 Å². The van der Waals surface area contributed by atoms with E-state index < -0.39 is 9.84 Å². The summed E-state index contributed by atoms with van der Waals surface area (Å²) in [6, 6.07) is 0. The highest BCUT2D eigenvalue weighted by Crippen LogP contribution is 2.31. The van der Waals surface area contributed by atoms with Crippen LogP contribution in [-0.4, -0.2) is 19.9 Å². The van der Waals surface area contributed by atoms with Crippen LogP contribution in [0.1, 0.15) is 52.4 Å². The second-order valence-corrected chi connectivity index (χ2v) is 7.37. The van der Waals surface area contributed by atoms with Gasteiger partial charge >= 0.3 is 0 Å². The van der Waals surface area contributed by atoms with Crippen molar-refractivity contribution in [3.8, 4) is 0 Å². The molecule has 0 radical (unpaired) electrons. The monoisotopic (exact) mass is 232 g/mol. The molecule has 90 valence electrons. The van der Waals surface area contributed by atoms with Crippen molar-refractivity contribution in [3.63, 3.8) is 0 Å². The Hall–Kier alpha value is -0.0500. The van der Waals surface area contributed by atoms with E-state index in [9.17, 15) is 8.42 Å². The fourth-order valence-electron chi connectivity index (χ4n) is 2.45. The van der Waals surface area contributed by atoms with E-state index in [1.54, 1.807) is 6.92 Å². The molecule has 0 spiro atoms. The van der Waals surface area contributed by atoms with Crippen molar-refractivity contribution in [3.05, 3.63) is 0 Å². The molecule has 0 aromatic carbocycles. The van der Waals surface area contributed by atoms with E-state index in [2.05, 4.69) is 6.92 Å². The molecule has 1 fully saturated rings. The van der Waals surface area contributed by atoms with Gasteiger partial charge in [-0.2, -0.15) is 0 Å². The number of hydrogen-bond donors (Lipinski definition) is 0. The normalized spacial score (nSPS) is 21.5. The van der Waals surface area contributed by atoms with E-state index in [-0.39, 0.29) is 0 Å². The molecule has 0 aromatic rings. The predicted octanol–water partition coefficient (Wildman–Crippen LogP) is 3.03. The smallest absolute Gasteiger partial charge is 0.150 e. The van der Waals surface area contributed by atoms with E-state index in [1.165, 1.54) is 32.1 Å². The fourth-order valence-corrected chi connectivity index (χ4v) is 3.47. The molecule has 1 rings (SSSR count). The topological polar surface area (TPSA) is 34.1 Å². The van der Waals surface area contributed by atoms with Crippen molar-refractivity contribution in [2.45, 2.75) is 52.4 Å². The molecule has 3 heteroatoms. The minimum absolute atomic E-state index is 0.296. The first-order valence-corrected chi connectivity index (χ1v) is 8.07. The second kappa shape index (κ2) is 5.88. The Balaban J connectivity index is 2.31. The van der Waals surface area contributed by atoms with Crippen molar-refractivity contribution in [2.75, 3.05) is 11.5 Å². The maximum absolute atomic E-state index is 11.4. The summed E-state index contributed by atoms with van der Waals surface area (Å²) in [5.41, 5.74) is 0. The van der Waals surface area contributed by atoms with E-state index in [0.29, 0.717) is 17.4 Å². The zero-order chi connectivity index (χ0) is 11.3. The van der Waals surface area contributed by atoms with Gasteiger partial charge in [-0.1, -0.05) is 46.0 Å². The standard InChI is InChI=1S/C12H24O2S/c1-3-15(13,14)10-9-11(2)12-7-5-4-6-8-12/h11-12H,3-10H2,1-2H3. The lowest BCUT2D eigenvalue weighted by Gasteiger charge is -2.27. The summed E-state index contributed by atoms with van der Waals surface area (Å²) in [5, 5.41) is 0. The first kappa shape index (κ1) is 13.0. The van der Waals surface area contributed by atoms with Crippen LogP contribution >= 0.6 is 0 Å². The van der Waals surface area contributed by atoms with Gasteiger partial charge in [0.05, 0.1) is 5.75 Å². The Morgan fingerprint density at radius 1 is 1.20 bits per heavy atom. The summed E-state index contributed by atoms with van der Waals surface area (Å²) in [6.07, 6.45) is 7.54. The molecule has 1 unspecified atom stereocenters. The first-order chi connectivity index (χ1) is 7.05. The third-order valence-electron chi connectivity index (χ3n) is 3.78. The molecular weight excluding hydrogens is 208 g/mol. The molecule has 0 aromatic heterocycles. The van der Waals surface area contributed by atoms with Crippen LogP contribution in [0.3, 0.4) is 0 Å². The van der Waals surface area contributed by atoms with Crippen molar-refractivity contribution in [1.82, 2.24) is 0 Å². The van der Waals surface area contributed by atoms with Crippen molar-refractivity contribution >= 4 is 9.84 Å². The van der Waals surface area contributed by atoms with E-state index >= 15 is 0 Å². The number of hydrogen-bond acceptors (Lipinski definition) is 2. The Kier molecular flexibility index (Phi) is 5.10. The summed E-state index contributed by atoms with van der Waals surface area (Å²) < 4.78 is 22.8. The van der Waals surface area contributed by atoms with Crippen LogP contribution < -0.4 is 0 Å². The van der Waals surface area contributed by atoms with Crippen molar-refractivity contribution in [1.29, 1.82) is 0 Å². The molecule has 1 saturated carbocycles. The van der Waals surface area contributed by atoms with Crippen LogP contribution in [0.5, 0.6) is 0 Å². The van der Waals surface area contributed by atoms with Crippen LogP contribution in [0.25, 0.3) is 0 Å². The number of rotatable bonds is 5. The van der Waals surface area contributed by atoms with Gasteiger partial charge in [-0.3, -0.25) is 0 Å². The molecule has 1 aliphatic rings. The molecule has 0 N–H and O–H groups in total. The van der Waals surface area contributed by atoms with Gasteiger partial charge in [0.15, 0.2) is 0 Å². The third kappa shape index (κ3) is 4.54. The quantitative estimate of drug-likeness (QED) is 0.730. The minimum Gasteiger partial charge on any atom is -0.229 e. The SMILES string of the molecule is CCS(=O)(=O)CCC(C)C1CCCCC1. The molecule has 0 saturated heterocycles. The molecule has 0 heterocycles. The molecule has 15 heavy (non-hydrogen) atoms. The largest absolute Gasteiger partial charge is 0.229 e. The van der Waals surface area contributed by atoms with Gasteiger partial charge in [0.1, 0.15) is 9.84 Å². The Morgan fingerprint density at radius 2 is 1.80 bits per heavy atom. The van der Waals surface area contributed by atoms with Gasteiger partial charge in [0.2, 0.25) is 0 Å². The molecule has 0 amide bonds. The highest BCUT2D eigenvalue weighted by molar-refractivity contribution is 7.91. The highest BCUT2D eigenvalue weighted by atomic mass is 32.2. The lowest BCUT2D eigenvalue weighted by atomic mass is 9.80. The summed E-state index contributed by atoms with van der Waals surface area (Å²) in [7, 11) is -2.75. The van der Waals surface area contributed by atoms with Crippen molar-refractivity contribution in [2.24, 2.45) is 11.8 Å². The summed E-state index contributed by atoms with van der Waals surface area (Å²) >= 11 is 0. The maximum Gasteiger partial charge on any atom is 0.150 e. The Labute approximate surface area is 94.4 Å².